The molecule has 0 saturated heterocycles. The molecule has 3 nitrogen and oxygen atoms in total. The van der Waals surface area contributed by atoms with Crippen LogP contribution in [0.15, 0.2) is 23.3 Å². The summed E-state index contributed by atoms with van der Waals surface area (Å²) in [5, 5.41) is 0. The molecule has 4 rings (SSSR count). The molecule has 2 unspecified atom stereocenters. The summed E-state index contributed by atoms with van der Waals surface area (Å²) in [6.07, 6.45) is 6.85. The van der Waals surface area contributed by atoms with Crippen molar-refractivity contribution in [3.63, 3.8) is 0 Å². The minimum Gasteiger partial charge on any atom is -0.425 e. The zero-order valence-electron chi connectivity index (χ0n) is 12.2. The van der Waals surface area contributed by atoms with Crippen molar-refractivity contribution in [3.05, 3.63) is 23.3 Å². The Kier molecular flexibility index (Phi) is 2.69. The molecule has 104 valence electrons. The van der Waals surface area contributed by atoms with Crippen molar-refractivity contribution in [2.24, 2.45) is 17.3 Å². The molecule has 3 heteroatoms. The summed E-state index contributed by atoms with van der Waals surface area (Å²) in [4.78, 5) is 11.7. The van der Waals surface area contributed by atoms with Gasteiger partial charge in [-0.3, -0.25) is 0 Å². The van der Waals surface area contributed by atoms with Crippen molar-refractivity contribution in [1.82, 2.24) is 0 Å². The Morgan fingerprint density at radius 2 is 2.21 bits per heavy atom. The minimum atomic E-state index is -0.839. The van der Waals surface area contributed by atoms with Gasteiger partial charge in [-0.25, -0.2) is 4.79 Å². The van der Waals surface area contributed by atoms with Gasteiger partial charge in [0, 0.05) is 24.7 Å². The van der Waals surface area contributed by atoms with Crippen LogP contribution in [0.25, 0.3) is 0 Å². The predicted molar refractivity (Wildman–Crippen MR) is 72.3 cm³/mol. The molecule has 3 aliphatic carbocycles. The maximum Gasteiger partial charge on any atom is 0.333 e. The third kappa shape index (κ3) is 1.57. The maximum atomic E-state index is 11.7. The van der Waals surface area contributed by atoms with Gasteiger partial charge in [-0.05, 0) is 37.5 Å². The SMILES string of the molecule is CO[C@]12OC(=O)C=C1CCC1(C)C(C)=CC2C[C@H]1C. The molecular weight excluding hydrogens is 240 g/mol. The molecule has 1 fully saturated rings. The van der Waals surface area contributed by atoms with E-state index >= 15 is 0 Å². The number of methoxy groups -OCH3 is 1. The Morgan fingerprint density at radius 1 is 1.47 bits per heavy atom. The lowest BCUT2D eigenvalue weighted by Gasteiger charge is -2.49. The Balaban J connectivity index is 2.13. The predicted octanol–water partition coefficient (Wildman–Crippen LogP) is 3.21. The van der Waals surface area contributed by atoms with Gasteiger partial charge in [-0.2, -0.15) is 0 Å². The quantitative estimate of drug-likeness (QED) is 0.537. The smallest absolute Gasteiger partial charge is 0.333 e. The molecule has 1 aliphatic heterocycles. The van der Waals surface area contributed by atoms with E-state index in [-0.39, 0.29) is 17.3 Å². The fourth-order valence-corrected chi connectivity index (χ4v) is 4.06. The normalized spacial score (nSPS) is 44.9. The zero-order chi connectivity index (χ0) is 13.8. The largest absolute Gasteiger partial charge is 0.425 e. The third-order valence-corrected chi connectivity index (χ3v) is 5.74. The van der Waals surface area contributed by atoms with Crippen LogP contribution in [0, 0.1) is 17.3 Å². The highest BCUT2D eigenvalue weighted by Gasteiger charge is 2.55. The number of hydrogen-bond acceptors (Lipinski definition) is 3. The van der Waals surface area contributed by atoms with Crippen molar-refractivity contribution < 1.29 is 14.3 Å². The molecule has 1 saturated carbocycles. The molecule has 0 amide bonds. The maximum absolute atomic E-state index is 11.7. The molecule has 0 aromatic rings. The number of fused-ring (bicyclic) bond motifs is 2. The Morgan fingerprint density at radius 3 is 2.84 bits per heavy atom. The summed E-state index contributed by atoms with van der Waals surface area (Å²) in [5.41, 5.74) is 2.67. The van der Waals surface area contributed by atoms with Crippen LogP contribution in [0.1, 0.15) is 40.0 Å². The van der Waals surface area contributed by atoms with E-state index in [1.807, 2.05) is 0 Å². The van der Waals surface area contributed by atoms with Gasteiger partial charge in [0.1, 0.15) is 0 Å². The summed E-state index contributed by atoms with van der Waals surface area (Å²) >= 11 is 0. The number of hydrogen-bond donors (Lipinski definition) is 0. The van der Waals surface area contributed by atoms with Gasteiger partial charge in [-0.15, -0.1) is 0 Å². The molecule has 0 radical (unpaired) electrons. The van der Waals surface area contributed by atoms with Crippen LogP contribution < -0.4 is 0 Å². The van der Waals surface area contributed by atoms with E-state index in [1.54, 1.807) is 13.2 Å². The van der Waals surface area contributed by atoms with Crippen molar-refractivity contribution >= 4 is 5.97 Å². The topological polar surface area (TPSA) is 35.5 Å². The van der Waals surface area contributed by atoms with Crippen LogP contribution in [-0.2, 0) is 14.3 Å². The van der Waals surface area contributed by atoms with Gasteiger partial charge in [0.2, 0.25) is 5.79 Å². The van der Waals surface area contributed by atoms with Gasteiger partial charge in [0.15, 0.2) is 0 Å². The average molecular weight is 262 g/mol. The lowest BCUT2D eigenvalue weighted by atomic mass is 9.59. The van der Waals surface area contributed by atoms with Gasteiger partial charge in [0.25, 0.3) is 0 Å². The first-order chi connectivity index (χ1) is 8.92. The monoisotopic (exact) mass is 262 g/mol. The van der Waals surface area contributed by atoms with Crippen LogP contribution in [0.5, 0.6) is 0 Å². The van der Waals surface area contributed by atoms with Crippen LogP contribution in [-0.4, -0.2) is 18.9 Å². The summed E-state index contributed by atoms with van der Waals surface area (Å²) in [7, 11) is 1.65. The minimum absolute atomic E-state index is 0.138. The van der Waals surface area contributed by atoms with Gasteiger partial charge < -0.3 is 9.47 Å². The molecule has 2 bridgehead atoms. The fraction of sp³-hybridized carbons (Fsp3) is 0.688. The van der Waals surface area contributed by atoms with Crippen molar-refractivity contribution in [1.29, 1.82) is 0 Å². The van der Waals surface area contributed by atoms with Gasteiger partial charge >= 0.3 is 5.97 Å². The molecular formula is C16H22O3. The second kappa shape index (κ2) is 3.95. The van der Waals surface area contributed by atoms with Crippen LogP contribution in [0.2, 0.25) is 0 Å². The lowest BCUT2D eigenvalue weighted by Crippen LogP contribution is -2.48. The number of allylic oxidation sites excluding steroid dienone is 1. The first kappa shape index (κ1) is 12.9. The Hall–Kier alpha value is -1.09. The molecule has 0 aromatic carbocycles. The number of rotatable bonds is 1. The molecule has 1 heterocycles. The standard InChI is InChI=1S/C16H22O3/c1-10-7-13-8-11(2)15(10,3)6-5-12-9-14(17)19-16(12,13)18-4/h7,9,11,13H,5-6,8H2,1-4H3/t11-,13?,15?,16+/m1/s1. The summed E-state index contributed by atoms with van der Waals surface area (Å²) in [6.45, 7) is 6.85. The zero-order valence-corrected chi connectivity index (χ0v) is 12.2. The van der Waals surface area contributed by atoms with Crippen LogP contribution in [0.4, 0.5) is 0 Å². The van der Waals surface area contributed by atoms with Crippen LogP contribution in [0.3, 0.4) is 0 Å². The van der Waals surface area contributed by atoms with Gasteiger partial charge in [-0.1, -0.05) is 25.5 Å². The second-order valence-electron chi connectivity index (χ2n) is 6.47. The van der Waals surface area contributed by atoms with E-state index in [0.717, 1.165) is 24.8 Å². The lowest BCUT2D eigenvalue weighted by molar-refractivity contribution is -0.213. The Bertz CT molecular complexity index is 490. The van der Waals surface area contributed by atoms with E-state index < -0.39 is 5.79 Å². The first-order valence-corrected chi connectivity index (χ1v) is 7.10. The van der Waals surface area contributed by atoms with Gasteiger partial charge in [0.05, 0.1) is 0 Å². The molecule has 4 aliphatic rings. The highest BCUT2D eigenvalue weighted by Crippen LogP contribution is 2.55. The summed E-state index contributed by atoms with van der Waals surface area (Å²) < 4.78 is 11.3. The van der Waals surface area contributed by atoms with E-state index in [9.17, 15) is 4.79 Å². The number of carbonyl (C=O) groups is 1. The van der Waals surface area contributed by atoms with E-state index in [2.05, 4.69) is 26.8 Å². The molecule has 0 N–H and O–H groups in total. The highest BCUT2D eigenvalue weighted by molar-refractivity contribution is 5.86. The molecule has 19 heavy (non-hydrogen) atoms. The third-order valence-electron chi connectivity index (χ3n) is 5.74. The Labute approximate surface area is 114 Å². The second-order valence-corrected chi connectivity index (χ2v) is 6.47. The van der Waals surface area contributed by atoms with Crippen molar-refractivity contribution in [2.75, 3.05) is 7.11 Å². The van der Waals surface area contributed by atoms with E-state index in [4.69, 9.17) is 9.47 Å². The number of ether oxygens (including phenoxy) is 2. The van der Waals surface area contributed by atoms with E-state index in [0.29, 0.717) is 5.92 Å². The number of carbonyl (C=O) groups excluding carboxylic acids is 1. The summed E-state index contributed by atoms with van der Waals surface area (Å²) in [6, 6.07) is 0. The van der Waals surface area contributed by atoms with Crippen molar-refractivity contribution in [3.8, 4) is 0 Å². The van der Waals surface area contributed by atoms with Crippen molar-refractivity contribution in [2.45, 2.75) is 45.8 Å². The first-order valence-electron chi connectivity index (χ1n) is 7.10. The molecule has 0 spiro atoms. The molecule has 4 atom stereocenters. The highest BCUT2D eigenvalue weighted by atomic mass is 16.7. The molecule has 0 aromatic heterocycles. The fourth-order valence-electron chi connectivity index (χ4n) is 4.06. The summed E-state index contributed by atoms with van der Waals surface area (Å²) in [5.74, 6) is -0.381. The van der Waals surface area contributed by atoms with E-state index in [1.165, 1.54) is 5.57 Å². The average Bonchev–Trinajstić information content (AvgIpc) is 2.69. The van der Waals surface area contributed by atoms with Crippen LogP contribution >= 0.6 is 0 Å². The number of esters is 1.